The minimum atomic E-state index is -0.840. The van der Waals surface area contributed by atoms with Gasteiger partial charge in [-0.15, -0.1) is 0 Å². The molecule has 138 valence electrons. The lowest BCUT2D eigenvalue weighted by molar-refractivity contribution is -0.143. The Hall–Kier alpha value is -2.29. The third-order valence-electron chi connectivity index (χ3n) is 3.65. The van der Waals surface area contributed by atoms with Crippen LogP contribution in [0, 0.1) is 3.57 Å². The molecule has 0 heterocycles. The first-order chi connectivity index (χ1) is 12.5. The number of hydrogen-bond donors (Lipinski definition) is 1. The van der Waals surface area contributed by atoms with E-state index in [1.165, 1.54) is 7.11 Å². The highest BCUT2D eigenvalue weighted by atomic mass is 127. The normalized spacial score (nSPS) is 11.3. The lowest BCUT2D eigenvalue weighted by Gasteiger charge is -2.17. The van der Waals surface area contributed by atoms with Crippen LogP contribution in [0.4, 0.5) is 4.79 Å². The van der Waals surface area contributed by atoms with Crippen molar-refractivity contribution in [3.63, 3.8) is 0 Å². The number of esters is 1. The molecule has 0 unspecified atom stereocenters. The van der Waals surface area contributed by atoms with Gasteiger partial charge in [-0.3, -0.25) is 0 Å². The highest BCUT2D eigenvalue weighted by Gasteiger charge is 2.23. The SMILES string of the molecule is COC(=O)[C@H](Cc1ccc(OC)c(I)c1)NC(=O)OCc1ccccc1. The van der Waals surface area contributed by atoms with Gasteiger partial charge in [-0.1, -0.05) is 36.4 Å². The van der Waals surface area contributed by atoms with Crippen LogP contribution in [0.2, 0.25) is 0 Å². The summed E-state index contributed by atoms with van der Waals surface area (Å²) in [6.07, 6.45) is -0.389. The quantitative estimate of drug-likeness (QED) is 0.498. The van der Waals surface area contributed by atoms with E-state index in [2.05, 4.69) is 27.9 Å². The molecule has 1 amide bonds. The molecule has 2 aromatic rings. The van der Waals surface area contributed by atoms with Gasteiger partial charge in [0.1, 0.15) is 18.4 Å². The predicted octanol–water partition coefficient (Wildman–Crippen LogP) is 3.31. The maximum absolute atomic E-state index is 12.0. The Balaban J connectivity index is 1.99. The van der Waals surface area contributed by atoms with Gasteiger partial charge in [-0.2, -0.15) is 0 Å². The number of carbonyl (C=O) groups excluding carboxylic acids is 2. The fourth-order valence-electron chi connectivity index (χ4n) is 2.32. The molecule has 1 N–H and O–H groups in total. The van der Waals surface area contributed by atoms with E-state index in [0.717, 1.165) is 20.4 Å². The summed E-state index contributed by atoms with van der Waals surface area (Å²) in [4.78, 5) is 24.1. The van der Waals surface area contributed by atoms with Crippen molar-refractivity contribution in [3.05, 3.63) is 63.2 Å². The van der Waals surface area contributed by atoms with Crippen molar-refractivity contribution in [1.82, 2.24) is 5.32 Å². The molecule has 0 aromatic heterocycles. The molecule has 6 nitrogen and oxygen atoms in total. The monoisotopic (exact) mass is 469 g/mol. The number of benzene rings is 2. The Morgan fingerprint density at radius 3 is 2.42 bits per heavy atom. The van der Waals surface area contributed by atoms with Crippen LogP contribution < -0.4 is 10.1 Å². The van der Waals surface area contributed by atoms with E-state index in [0.29, 0.717) is 0 Å². The summed E-state index contributed by atoms with van der Waals surface area (Å²) in [6.45, 7) is 0.126. The van der Waals surface area contributed by atoms with Gasteiger partial charge in [0.15, 0.2) is 0 Å². The number of amides is 1. The van der Waals surface area contributed by atoms with Gasteiger partial charge in [0, 0.05) is 6.42 Å². The molecule has 0 aliphatic rings. The van der Waals surface area contributed by atoms with Gasteiger partial charge < -0.3 is 19.5 Å². The van der Waals surface area contributed by atoms with Crippen molar-refractivity contribution in [2.75, 3.05) is 14.2 Å². The number of halogens is 1. The molecule has 26 heavy (non-hydrogen) atoms. The van der Waals surface area contributed by atoms with Gasteiger partial charge in [-0.25, -0.2) is 9.59 Å². The Morgan fingerprint density at radius 1 is 1.08 bits per heavy atom. The van der Waals surface area contributed by atoms with Crippen LogP contribution in [0.25, 0.3) is 0 Å². The second kappa shape index (κ2) is 10.0. The summed E-state index contributed by atoms with van der Waals surface area (Å²) >= 11 is 2.15. The number of carbonyl (C=O) groups is 2. The van der Waals surface area contributed by atoms with Crippen molar-refractivity contribution in [2.45, 2.75) is 19.1 Å². The molecule has 0 aliphatic heterocycles. The zero-order valence-electron chi connectivity index (χ0n) is 14.5. The number of rotatable bonds is 7. The molecule has 0 fully saturated rings. The van der Waals surface area contributed by atoms with E-state index >= 15 is 0 Å². The summed E-state index contributed by atoms with van der Waals surface area (Å²) in [5, 5.41) is 2.57. The summed E-state index contributed by atoms with van der Waals surface area (Å²) in [7, 11) is 2.88. The second-order valence-electron chi connectivity index (χ2n) is 5.45. The maximum Gasteiger partial charge on any atom is 0.408 e. The first-order valence-electron chi connectivity index (χ1n) is 7.91. The molecule has 2 rings (SSSR count). The Kier molecular flexibility index (Phi) is 7.71. The highest BCUT2D eigenvalue weighted by molar-refractivity contribution is 14.1. The largest absolute Gasteiger partial charge is 0.496 e. The average molecular weight is 469 g/mol. The van der Waals surface area contributed by atoms with Crippen LogP contribution in [-0.4, -0.2) is 32.3 Å². The summed E-state index contributed by atoms with van der Waals surface area (Å²) < 4.78 is 16.1. The van der Waals surface area contributed by atoms with Gasteiger partial charge in [0.05, 0.1) is 17.8 Å². The average Bonchev–Trinajstić information content (AvgIpc) is 2.66. The second-order valence-corrected chi connectivity index (χ2v) is 6.62. The molecule has 7 heteroatoms. The number of hydrogen-bond acceptors (Lipinski definition) is 5. The molecule has 0 radical (unpaired) electrons. The van der Waals surface area contributed by atoms with Crippen LogP contribution in [0.1, 0.15) is 11.1 Å². The van der Waals surface area contributed by atoms with E-state index in [4.69, 9.17) is 14.2 Å². The molecule has 0 spiro atoms. The molecule has 0 saturated carbocycles. The van der Waals surface area contributed by atoms with Crippen molar-refractivity contribution < 1.29 is 23.8 Å². The van der Waals surface area contributed by atoms with Crippen LogP contribution in [0.15, 0.2) is 48.5 Å². The standard InChI is InChI=1S/C19H20INO5/c1-24-17-9-8-14(10-15(17)20)11-16(18(22)25-2)21-19(23)26-12-13-6-4-3-5-7-13/h3-10,16H,11-12H2,1-2H3,(H,21,23)/t16-/m0/s1. The van der Waals surface area contributed by atoms with E-state index in [1.54, 1.807) is 7.11 Å². The lowest BCUT2D eigenvalue weighted by Crippen LogP contribution is -2.43. The van der Waals surface area contributed by atoms with Crippen LogP contribution >= 0.6 is 22.6 Å². The van der Waals surface area contributed by atoms with Crippen molar-refractivity contribution in [3.8, 4) is 5.75 Å². The van der Waals surface area contributed by atoms with Crippen molar-refractivity contribution >= 4 is 34.7 Å². The predicted molar refractivity (Wildman–Crippen MR) is 105 cm³/mol. The molecule has 2 aromatic carbocycles. The molecule has 0 saturated heterocycles. The Morgan fingerprint density at radius 2 is 1.81 bits per heavy atom. The number of methoxy groups -OCH3 is 2. The van der Waals surface area contributed by atoms with Gasteiger partial charge in [0.25, 0.3) is 0 Å². The zero-order valence-corrected chi connectivity index (χ0v) is 16.7. The van der Waals surface area contributed by atoms with Gasteiger partial charge in [-0.05, 0) is 45.9 Å². The zero-order chi connectivity index (χ0) is 18.9. The number of nitrogens with one attached hydrogen (secondary N) is 1. The van der Waals surface area contributed by atoms with E-state index in [-0.39, 0.29) is 13.0 Å². The molecular weight excluding hydrogens is 449 g/mol. The van der Waals surface area contributed by atoms with Gasteiger partial charge in [0.2, 0.25) is 0 Å². The molecule has 0 aliphatic carbocycles. The summed E-state index contributed by atoms with van der Waals surface area (Å²) in [5.74, 6) is 0.215. The van der Waals surface area contributed by atoms with E-state index in [9.17, 15) is 9.59 Å². The first-order valence-corrected chi connectivity index (χ1v) is 8.98. The first kappa shape index (κ1) is 20.0. The molecular formula is C19H20INO5. The van der Waals surface area contributed by atoms with Crippen molar-refractivity contribution in [2.24, 2.45) is 0 Å². The maximum atomic E-state index is 12.0. The van der Waals surface area contributed by atoms with E-state index in [1.807, 2.05) is 48.5 Å². The molecule has 0 bridgehead atoms. The fourth-order valence-corrected chi connectivity index (χ4v) is 3.12. The summed E-state index contributed by atoms with van der Waals surface area (Å²) in [5.41, 5.74) is 1.73. The van der Waals surface area contributed by atoms with Crippen molar-refractivity contribution in [1.29, 1.82) is 0 Å². The third kappa shape index (κ3) is 5.91. The Bertz CT molecular complexity index is 751. The van der Waals surface area contributed by atoms with Crippen LogP contribution in [0.5, 0.6) is 5.75 Å². The molecule has 1 atom stereocenters. The topological polar surface area (TPSA) is 73.9 Å². The van der Waals surface area contributed by atoms with Crippen LogP contribution in [-0.2, 0) is 27.3 Å². The smallest absolute Gasteiger partial charge is 0.408 e. The number of ether oxygens (including phenoxy) is 3. The van der Waals surface area contributed by atoms with Gasteiger partial charge >= 0.3 is 12.1 Å². The minimum Gasteiger partial charge on any atom is -0.496 e. The number of alkyl carbamates (subject to hydrolysis) is 1. The minimum absolute atomic E-state index is 0.126. The summed E-state index contributed by atoms with van der Waals surface area (Å²) in [6, 6.07) is 14.0. The third-order valence-corrected chi connectivity index (χ3v) is 4.49. The Labute approximate surface area is 166 Å². The van der Waals surface area contributed by atoms with Crippen LogP contribution in [0.3, 0.4) is 0 Å². The van der Waals surface area contributed by atoms with E-state index < -0.39 is 18.1 Å². The lowest BCUT2D eigenvalue weighted by atomic mass is 10.1. The highest BCUT2D eigenvalue weighted by Crippen LogP contribution is 2.22. The fraction of sp³-hybridized carbons (Fsp3) is 0.263.